The van der Waals surface area contributed by atoms with Crippen molar-refractivity contribution < 1.29 is 19.1 Å². The van der Waals surface area contributed by atoms with Crippen molar-refractivity contribution in [3.8, 4) is 0 Å². The van der Waals surface area contributed by atoms with E-state index in [4.69, 9.17) is 14.5 Å². The molecule has 29 heavy (non-hydrogen) atoms. The second-order valence-corrected chi connectivity index (χ2v) is 9.88. The highest BCUT2D eigenvalue weighted by Crippen LogP contribution is 2.31. The molecule has 2 fully saturated rings. The minimum Gasteiger partial charge on any atom is -0.469 e. The third-order valence-corrected chi connectivity index (χ3v) is 6.63. The van der Waals surface area contributed by atoms with E-state index >= 15 is 0 Å². The van der Waals surface area contributed by atoms with Gasteiger partial charge < -0.3 is 14.4 Å². The second kappa shape index (κ2) is 9.43. The maximum atomic E-state index is 12.2. The van der Waals surface area contributed by atoms with Crippen LogP contribution in [0.5, 0.6) is 0 Å². The fourth-order valence-corrected chi connectivity index (χ4v) is 4.92. The summed E-state index contributed by atoms with van der Waals surface area (Å²) in [5.41, 5.74) is 0.653. The molecule has 0 unspecified atom stereocenters. The Morgan fingerprint density at radius 1 is 1.14 bits per heavy atom. The summed E-state index contributed by atoms with van der Waals surface area (Å²) in [6.45, 7) is 9.76. The third-order valence-electron chi connectivity index (χ3n) is 5.57. The van der Waals surface area contributed by atoms with E-state index in [1.54, 1.807) is 11.3 Å². The number of carbonyl (C=O) groups excluding carboxylic acids is 2. The highest BCUT2D eigenvalue weighted by Gasteiger charge is 2.29. The van der Waals surface area contributed by atoms with Crippen molar-refractivity contribution in [2.24, 2.45) is 5.92 Å². The molecule has 2 aliphatic heterocycles. The van der Waals surface area contributed by atoms with Crippen molar-refractivity contribution >= 4 is 23.4 Å². The largest absolute Gasteiger partial charge is 0.469 e. The first kappa shape index (κ1) is 22.0. The first-order valence-corrected chi connectivity index (χ1v) is 11.4. The number of aromatic nitrogens is 1. The van der Waals surface area contributed by atoms with Gasteiger partial charge >= 0.3 is 12.1 Å². The van der Waals surface area contributed by atoms with Crippen LogP contribution < -0.4 is 0 Å². The van der Waals surface area contributed by atoms with Gasteiger partial charge in [0.15, 0.2) is 0 Å². The predicted octanol–water partition coefficient (Wildman–Crippen LogP) is 3.64. The van der Waals surface area contributed by atoms with Gasteiger partial charge in [-0.2, -0.15) is 0 Å². The Hall–Kier alpha value is -1.67. The van der Waals surface area contributed by atoms with Gasteiger partial charge in [0.05, 0.1) is 23.7 Å². The van der Waals surface area contributed by atoms with Gasteiger partial charge in [-0.25, -0.2) is 9.78 Å². The number of amides is 1. The van der Waals surface area contributed by atoms with Gasteiger partial charge in [0, 0.05) is 30.9 Å². The van der Waals surface area contributed by atoms with Crippen molar-refractivity contribution in [1.29, 1.82) is 0 Å². The topological polar surface area (TPSA) is 72.0 Å². The average Bonchev–Trinajstić information content (AvgIpc) is 3.15. The normalized spacial score (nSPS) is 19.9. The summed E-state index contributed by atoms with van der Waals surface area (Å²) in [5, 5.41) is 3.33. The molecular weight excluding hydrogens is 390 g/mol. The molecule has 0 spiro atoms. The number of hydrogen-bond acceptors (Lipinski definition) is 7. The van der Waals surface area contributed by atoms with E-state index in [9.17, 15) is 9.59 Å². The lowest BCUT2D eigenvalue weighted by atomic mass is 9.97. The molecule has 0 bridgehead atoms. The third kappa shape index (κ3) is 6.15. The summed E-state index contributed by atoms with van der Waals surface area (Å²) in [4.78, 5) is 32.9. The first-order chi connectivity index (χ1) is 13.7. The molecule has 2 aliphatic rings. The Labute approximate surface area is 177 Å². The summed E-state index contributed by atoms with van der Waals surface area (Å²) in [6.07, 6.45) is 3.35. The van der Waals surface area contributed by atoms with Gasteiger partial charge in [-0.05, 0) is 59.5 Å². The lowest BCUT2D eigenvalue weighted by Crippen LogP contribution is -2.41. The van der Waals surface area contributed by atoms with Crippen LogP contribution in [0.15, 0.2) is 5.38 Å². The second-order valence-electron chi connectivity index (χ2n) is 8.99. The highest BCUT2D eigenvalue weighted by molar-refractivity contribution is 7.09. The lowest BCUT2D eigenvalue weighted by molar-refractivity contribution is -0.147. The number of ether oxygens (including phenoxy) is 2. The zero-order valence-corrected chi connectivity index (χ0v) is 18.8. The Kier molecular flexibility index (Phi) is 7.16. The van der Waals surface area contributed by atoms with Gasteiger partial charge in [0.1, 0.15) is 5.60 Å². The van der Waals surface area contributed by atoms with Crippen LogP contribution >= 0.6 is 11.3 Å². The number of piperidine rings is 2. The summed E-state index contributed by atoms with van der Waals surface area (Å²) < 4.78 is 10.3. The quantitative estimate of drug-likeness (QED) is 0.689. The van der Waals surface area contributed by atoms with E-state index in [0.717, 1.165) is 64.1 Å². The minimum absolute atomic E-state index is 0.0393. The molecule has 0 radical (unpaired) electrons. The Balaban J connectivity index is 1.45. The van der Waals surface area contributed by atoms with Crippen LogP contribution in [0.2, 0.25) is 0 Å². The molecule has 2 saturated heterocycles. The fourth-order valence-electron chi connectivity index (χ4n) is 3.94. The molecule has 0 saturated carbocycles. The van der Waals surface area contributed by atoms with Crippen LogP contribution in [0.3, 0.4) is 0 Å². The molecule has 3 heterocycles. The van der Waals surface area contributed by atoms with Gasteiger partial charge in [-0.3, -0.25) is 9.69 Å². The minimum atomic E-state index is -0.455. The number of nitrogens with zero attached hydrogens (tertiary/aromatic N) is 3. The van der Waals surface area contributed by atoms with Crippen LogP contribution in [-0.2, 0) is 20.8 Å². The van der Waals surface area contributed by atoms with Crippen LogP contribution in [0, 0.1) is 5.92 Å². The molecule has 3 rings (SSSR count). The van der Waals surface area contributed by atoms with E-state index in [0.29, 0.717) is 5.92 Å². The van der Waals surface area contributed by atoms with Gasteiger partial charge in [0.25, 0.3) is 0 Å². The SMILES string of the molecule is COC(=O)C1CCN(Cc2csc(C3CCN(C(=O)OC(C)(C)C)CC3)n2)CC1. The van der Waals surface area contributed by atoms with Crippen molar-refractivity contribution in [3.05, 3.63) is 16.1 Å². The maximum absolute atomic E-state index is 12.2. The number of esters is 1. The molecule has 8 heteroatoms. The summed E-state index contributed by atoms with van der Waals surface area (Å²) in [7, 11) is 1.46. The van der Waals surface area contributed by atoms with Crippen molar-refractivity contribution in [3.63, 3.8) is 0 Å². The summed E-state index contributed by atoms with van der Waals surface area (Å²) >= 11 is 1.73. The molecule has 7 nitrogen and oxygen atoms in total. The first-order valence-electron chi connectivity index (χ1n) is 10.5. The Morgan fingerprint density at radius 3 is 2.38 bits per heavy atom. The molecule has 0 aromatic carbocycles. The number of carbonyl (C=O) groups is 2. The lowest BCUT2D eigenvalue weighted by Gasteiger charge is -2.32. The molecule has 0 aliphatic carbocycles. The summed E-state index contributed by atoms with van der Waals surface area (Å²) in [5.74, 6) is 0.369. The van der Waals surface area contributed by atoms with Crippen LogP contribution in [0.1, 0.15) is 63.1 Å². The number of rotatable bonds is 4. The van der Waals surface area contributed by atoms with E-state index in [1.165, 1.54) is 12.1 Å². The molecule has 162 valence electrons. The smallest absolute Gasteiger partial charge is 0.410 e. The standard InChI is InChI=1S/C21H33N3O4S/c1-21(2,3)28-20(26)24-11-7-15(8-12-24)18-22-17(14-29-18)13-23-9-5-16(6-10-23)19(25)27-4/h14-16H,5-13H2,1-4H3. The number of likely N-dealkylation sites (tertiary alicyclic amines) is 2. The summed E-state index contributed by atoms with van der Waals surface area (Å²) in [6, 6.07) is 0. The molecule has 1 aromatic rings. The van der Waals surface area contributed by atoms with E-state index in [2.05, 4.69) is 10.3 Å². The zero-order chi connectivity index (χ0) is 21.0. The van der Waals surface area contributed by atoms with E-state index in [1.807, 2.05) is 25.7 Å². The molecule has 1 aromatic heterocycles. The van der Waals surface area contributed by atoms with Crippen molar-refractivity contribution in [2.75, 3.05) is 33.3 Å². The van der Waals surface area contributed by atoms with E-state index in [-0.39, 0.29) is 18.0 Å². The Morgan fingerprint density at radius 2 is 1.79 bits per heavy atom. The predicted molar refractivity (Wildman–Crippen MR) is 112 cm³/mol. The Bertz CT molecular complexity index is 699. The highest BCUT2D eigenvalue weighted by atomic mass is 32.1. The monoisotopic (exact) mass is 423 g/mol. The van der Waals surface area contributed by atoms with Gasteiger partial charge in [-0.1, -0.05) is 0 Å². The number of thiazole rings is 1. The average molecular weight is 424 g/mol. The molecular formula is C21H33N3O4S. The van der Waals surface area contributed by atoms with Crippen molar-refractivity contribution in [1.82, 2.24) is 14.8 Å². The fraction of sp³-hybridized carbons (Fsp3) is 0.762. The van der Waals surface area contributed by atoms with Gasteiger partial charge in [0.2, 0.25) is 0 Å². The number of methoxy groups -OCH3 is 1. The maximum Gasteiger partial charge on any atom is 0.410 e. The zero-order valence-electron chi connectivity index (χ0n) is 18.0. The van der Waals surface area contributed by atoms with E-state index < -0.39 is 5.60 Å². The van der Waals surface area contributed by atoms with Crippen LogP contribution in [0.25, 0.3) is 0 Å². The van der Waals surface area contributed by atoms with Crippen molar-refractivity contribution in [2.45, 2.75) is 64.5 Å². The molecule has 0 atom stereocenters. The molecule has 0 N–H and O–H groups in total. The molecule has 1 amide bonds. The van der Waals surface area contributed by atoms with Crippen LogP contribution in [-0.4, -0.2) is 65.7 Å². The van der Waals surface area contributed by atoms with Gasteiger partial charge in [-0.15, -0.1) is 11.3 Å². The number of hydrogen-bond donors (Lipinski definition) is 0. The van der Waals surface area contributed by atoms with Crippen LogP contribution in [0.4, 0.5) is 4.79 Å².